The largest absolute Gasteiger partial charge is 0.294 e. The van der Waals surface area contributed by atoms with E-state index < -0.39 is 16.2 Å². The minimum atomic E-state index is -0.537. The summed E-state index contributed by atoms with van der Waals surface area (Å²) in [5.74, 6) is 1.52. The zero-order valence-corrected chi connectivity index (χ0v) is 26.9. The highest BCUT2D eigenvalue weighted by atomic mass is 16.1. The zero-order valence-electron chi connectivity index (χ0n) is 26.9. The Labute approximate surface area is 238 Å². The summed E-state index contributed by atoms with van der Waals surface area (Å²) in [5, 5.41) is 0. The van der Waals surface area contributed by atoms with Crippen LogP contribution in [0.2, 0.25) is 0 Å². The number of rotatable bonds is 6. The number of benzene rings is 1. The molecule has 0 amide bonds. The molecule has 0 bridgehead atoms. The first kappa shape index (κ1) is 30.2. The van der Waals surface area contributed by atoms with Crippen molar-refractivity contribution < 1.29 is 14.4 Å². The summed E-state index contributed by atoms with van der Waals surface area (Å²) in [6.45, 7) is 26.2. The Morgan fingerprint density at radius 2 is 0.692 bits per heavy atom. The summed E-state index contributed by atoms with van der Waals surface area (Å²) in [6, 6.07) is 5.50. The third kappa shape index (κ3) is 3.98. The lowest BCUT2D eigenvalue weighted by Crippen LogP contribution is -2.42. The Bertz CT molecular complexity index is 1040. The highest BCUT2D eigenvalue weighted by molar-refractivity contribution is 6.10. The second-order valence-corrected chi connectivity index (χ2v) is 16.3. The lowest BCUT2D eigenvalue weighted by Gasteiger charge is -2.41. The van der Waals surface area contributed by atoms with Gasteiger partial charge in [-0.25, -0.2) is 0 Å². The van der Waals surface area contributed by atoms with E-state index in [0.29, 0.717) is 34.4 Å². The van der Waals surface area contributed by atoms with Crippen LogP contribution in [0, 0.1) is 50.2 Å². The smallest absolute Gasteiger partial charge is 0.169 e. The van der Waals surface area contributed by atoms with E-state index in [9.17, 15) is 14.4 Å². The zero-order chi connectivity index (χ0) is 29.6. The van der Waals surface area contributed by atoms with Gasteiger partial charge in [-0.15, -0.1) is 0 Å². The number of carbonyl (C=O) groups is 3. The number of hydrogen-bond donors (Lipinski definition) is 0. The summed E-state index contributed by atoms with van der Waals surface area (Å²) in [5.41, 5.74) is -0.510. The summed E-state index contributed by atoms with van der Waals surface area (Å²) in [6.07, 6.45) is 5.50. The fourth-order valence-electron chi connectivity index (χ4n) is 8.39. The molecule has 39 heavy (non-hydrogen) atoms. The molecule has 216 valence electrons. The standard InChI is InChI=1S/C36H54O3/c1-22-13-16-34(10,31(22,4)5)28(37)25-19-26(29(38)35(11)17-14-23(2)32(35,6)7)21-27(20-25)30(39)36(12)18-15-24(3)33(36,8)9/h19-24H,13-18H2,1-12H3/t22-,23-,24-,34-,35+,36+/m0/s1. The highest BCUT2D eigenvalue weighted by Crippen LogP contribution is 2.60. The van der Waals surface area contributed by atoms with Crippen molar-refractivity contribution in [2.75, 3.05) is 0 Å². The van der Waals surface area contributed by atoms with Gasteiger partial charge in [-0.3, -0.25) is 14.4 Å². The molecular formula is C36H54O3. The van der Waals surface area contributed by atoms with Crippen LogP contribution in [0.1, 0.15) is 153 Å². The molecule has 0 N–H and O–H groups in total. The third-order valence-electron chi connectivity index (χ3n) is 14.4. The van der Waals surface area contributed by atoms with Crippen LogP contribution in [0.5, 0.6) is 0 Å². The van der Waals surface area contributed by atoms with E-state index in [2.05, 4.69) is 83.1 Å². The fourth-order valence-corrected chi connectivity index (χ4v) is 8.39. The summed E-state index contributed by atoms with van der Waals surface area (Å²) < 4.78 is 0. The van der Waals surface area contributed by atoms with E-state index in [-0.39, 0.29) is 33.6 Å². The maximum absolute atomic E-state index is 14.4. The lowest BCUT2D eigenvalue weighted by atomic mass is 9.61. The quantitative estimate of drug-likeness (QED) is 0.341. The molecule has 4 rings (SSSR count). The van der Waals surface area contributed by atoms with Crippen LogP contribution in [0.3, 0.4) is 0 Å². The molecule has 3 saturated carbocycles. The van der Waals surface area contributed by atoms with Gasteiger partial charge in [0.1, 0.15) is 0 Å². The number of carbonyl (C=O) groups excluding carboxylic acids is 3. The average Bonchev–Trinajstić information content (AvgIpc) is 3.33. The van der Waals surface area contributed by atoms with Crippen LogP contribution in [0.25, 0.3) is 0 Å². The molecule has 3 fully saturated rings. The highest BCUT2D eigenvalue weighted by Gasteiger charge is 2.57. The molecule has 3 nitrogen and oxygen atoms in total. The molecule has 0 saturated heterocycles. The van der Waals surface area contributed by atoms with Crippen molar-refractivity contribution in [3.8, 4) is 0 Å². The first-order valence-electron chi connectivity index (χ1n) is 15.5. The molecule has 3 heteroatoms. The van der Waals surface area contributed by atoms with Gasteiger partial charge in [0.25, 0.3) is 0 Å². The maximum Gasteiger partial charge on any atom is 0.169 e. The lowest BCUT2D eigenvalue weighted by molar-refractivity contribution is 0.0539. The van der Waals surface area contributed by atoms with Gasteiger partial charge >= 0.3 is 0 Å². The molecule has 3 aliphatic carbocycles. The Hall–Kier alpha value is -1.77. The van der Waals surface area contributed by atoms with E-state index >= 15 is 0 Å². The Morgan fingerprint density at radius 3 is 0.846 bits per heavy atom. The van der Waals surface area contributed by atoms with E-state index in [1.54, 1.807) is 0 Å². The monoisotopic (exact) mass is 534 g/mol. The third-order valence-corrected chi connectivity index (χ3v) is 14.4. The minimum Gasteiger partial charge on any atom is -0.294 e. The van der Waals surface area contributed by atoms with Crippen LogP contribution in [-0.4, -0.2) is 17.3 Å². The van der Waals surface area contributed by atoms with Gasteiger partial charge in [0.2, 0.25) is 0 Å². The molecule has 0 heterocycles. The second-order valence-electron chi connectivity index (χ2n) is 16.3. The van der Waals surface area contributed by atoms with Crippen LogP contribution in [0.4, 0.5) is 0 Å². The average molecular weight is 535 g/mol. The molecule has 0 aliphatic heterocycles. The summed E-state index contributed by atoms with van der Waals surface area (Å²) in [7, 11) is 0. The van der Waals surface area contributed by atoms with Gasteiger partial charge in [-0.2, -0.15) is 0 Å². The predicted octanol–water partition coefficient (Wildman–Crippen LogP) is 9.62. The van der Waals surface area contributed by atoms with E-state index in [1.807, 2.05) is 18.2 Å². The number of hydrogen-bond acceptors (Lipinski definition) is 3. The van der Waals surface area contributed by atoms with Crippen molar-refractivity contribution >= 4 is 17.3 Å². The van der Waals surface area contributed by atoms with Gasteiger partial charge in [-0.1, -0.05) is 83.1 Å². The second kappa shape index (κ2) is 9.12. The van der Waals surface area contributed by atoms with Crippen molar-refractivity contribution in [1.29, 1.82) is 0 Å². The van der Waals surface area contributed by atoms with Crippen molar-refractivity contribution in [1.82, 2.24) is 0 Å². The van der Waals surface area contributed by atoms with Gasteiger partial charge in [0.05, 0.1) is 0 Å². The number of ketones is 3. The van der Waals surface area contributed by atoms with Gasteiger partial charge in [0, 0.05) is 32.9 Å². The molecule has 3 aliphatic rings. The molecule has 1 aromatic carbocycles. The van der Waals surface area contributed by atoms with Crippen molar-refractivity contribution in [3.63, 3.8) is 0 Å². The fraction of sp³-hybridized carbons (Fsp3) is 0.750. The first-order chi connectivity index (χ1) is 17.7. The predicted molar refractivity (Wildman–Crippen MR) is 160 cm³/mol. The van der Waals surface area contributed by atoms with Crippen LogP contribution in [-0.2, 0) is 0 Å². The minimum absolute atomic E-state index is 0.0777. The van der Waals surface area contributed by atoms with Crippen LogP contribution >= 0.6 is 0 Å². The van der Waals surface area contributed by atoms with E-state index in [1.165, 1.54) is 0 Å². The topological polar surface area (TPSA) is 51.2 Å². The van der Waals surface area contributed by atoms with Crippen molar-refractivity contribution in [2.24, 2.45) is 50.2 Å². The molecule has 0 spiro atoms. The first-order valence-corrected chi connectivity index (χ1v) is 15.5. The molecule has 0 radical (unpaired) electrons. The Kier molecular flexibility index (Phi) is 7.06. The Balaban J connectivity index is 1.88. The molecule has 0 unspecified atom stereocenters. The van der Waals surface area contributed by atoms with Crippen LogP contribution in [0.15, 0.2) is 18.2 Å². The number of Topliss-reactive ketones (excluding diaryl/α,β-unsaturated/α-hetero) is 3. The molecular weight excluding hydrogens is 480 g/mol. The molecule has 1 aromatic rings. The van der Waals surface area contributed by atoms with E-state index in [4.69, 9.17) is 0 Å². The van der Waals surface area contributed by atoms with Crippen molar-refractivity contribution in [3.05, 3.63) is 34.9 Å². The maximum atomic E-state index is 14.4. The summed E-state index contributed by atoms with van der Waals surface area (Å²) >= 11 is 0. The van der Waals surface area contributed by atoms with Gasteiger partial charge in [0.15, 0.2) is 17.3 Å². The van der Waals surface area contributed by atoms with Crippen molar-refractivity contribution in [2.45, 2.75) is 122 Å². The normalized spacial score (nSPS) is 38.6. The summed E-state index contributed by atoms with van der Waals surface area (Å²) in [4.78, 5) is 43.3. The molecule has 0 aromatic heterocycles. The van der Waals surface area contributed by atoms with Gasteiger partial charge in [-0.05, 0) is 90.7 Å². The van der Waals surface area contributed by atoms with Crippen LogP contribution < -0.4 is 0 Å². The van der Waals surface area contributed by atoms with Gasteiger partial charge < -0.3 is 0 Å². The van der Waals surface area contributed by atoms with E-state index in [0.717, 1.165) is 38.5 Å². The SMILES string of the molecule is C[C@H]1CC[C@@](C)(C(=O)c2cc(C(=O)[C@@]3(C)CC[C@H](C)C3(C)C)cc(C(=O)[C@@]3(C)CC[C@H](C)C3(C)C)c2)C1(C)C. The Morgan fingerprint density at radius 1 is 0.487 bits per heavy atom. The molecule has 6 atom stereocenters.